The summed E-state index contributed by atoms with van der Waals surface area (Å²) in [7, 11) is 0. The second-order valence-corrected chi connectivity index (χ2v) is 8.43. The molecule has 0 spiro atoms. The standard InChI is InChI=1S/C25H24F6N2O3/c1-16(13-22(34)35)5-4-12-36-20-7-3-2-6-18(20)15-33-21(25(29,30)31)14-32-23(33)17-8-10-19(11-9-17)24(26,27)28/h2-3,6-11,14,16H,4-5,12-13,15H2,1H3,(H,34,35). The normalized spacial score (nSPS) is 13.0. The highest BCUT2D eigenvalue weighted by Crippen LogP contribution is 2.35. The number of nitrogens with zero attached hydrogens (tertiary/aromatic N) is 2. The van der Waals surface area contributed by atoms with E-state index in [0.29, 0.717) is 30.4 Å². The number of aliphatic carboxylic acids is 1. The number of benzene rings is 2. The number of hydrogen-bond donors (Lipinski definition) is 1. The van der Waals surface area contributed by atoms with Gasteiger partial charge >= 0.3 is 18.3 Å². The summed E-state index contributed by atoms with van der Waals surface area (Å²) in [6.07, 6.45) is -7.48. The maximum Gasteiger partial charge on any atom is 0.433 e. The molecule has 3 rings (SSSR count). The molecular formula is C25H24F6N2O3. The number of aromatic nitrogens is 2. The molecule has 0 aliphatic heterocycles. The van der Waals surface area contributed by atoms with Gasteiger partial charge in [0.2, 0.25) is 0 Å². The average molecular weight is 514 g/mol. The summed E-state index contributed by atoms with van der Waals surface area (Å²) in [6.45, 7) is 1.77. The highest BCUT2D eigenvalue weighted by Gasteiger charge is 2.36. The summed E-state index contributed by atoms with van der Waals surface area (Å²) >= 11 is 0. The smallest absolute Gasteiger partial charge is 0.433 e. The van der Waals surface area contributed by atoms with E-state index in [0.717, 1.165) is 28.8 Å². The van der Waals surface area contributed by atoms with E-state index in [1.54, 1.807) is 24.3 Å². The Bertz CT molecular complexity index is 1170. The Kier molecular flexibility index (Phi) is 8.31. The predicted octanol–water partition coefficient (Wildman–Crippen LogP) is 6.91. The molecule has 36 heavy (non-hydrogen) atoms. The van der Waals surface area contributed by atoms with Gasteiger partial charge < -0.3 is 14.4 Å². The molecule has 1 unspecified atom stereocenters. The van der Waals surface area contributed by atoms with Crippen molar-refractivity contribution >= 4 is 5.97 Å². The third kappa shape index (κ3) is 7.02. The van der Waals surface area contributed by atoms with Crippen LogP contribution in [-0.4, -0.2) is 27.2 Å². The van der Waals surface area contributed by atoms with Crippen molar-refractivity contribution in [1.29, 1.82) is 0 Å². The minimum Gasteiger partial charge on any atom is -0.493 e. The number of carboxylic acid groups (broad SMARTS) is 1. The molecule has 1 N–H and O–H groups in total. The lowest BCUT2D eigenvalue weighted by Crippen LogP contribution is -2.16. The number of carbonyl (C=O) groups is 1. The Morgan fingerprint density at radius 2 is 1.69 bits per heavy atom. The predicted molar refractivity (Wildman–Crippen MR) is 119 cm³/mol. The first-order chi connectivity index (χ1) is 16.9. The first-order valence-corrected chi connectivity index (χ1v) is 11.1. The molecule has 0 saturated heterocycles. The molecule has 0 aliphatic carbocycles. The van der Waals surface area contributed by atoms with Gasteiger partial charge in [-0.25, -0.2) is 4.98 Å². The third-order valence-electron chi connectivity index (χ3n) is 5.54. The zero-order valence-corrected chi connectivity index (χ0v) is 19.2. The summed E-state index contributed by atoms with van der Waals surface area (Å²) in [5, 5.41) is 8.84. The Balaban J connectivity index is 1.85. The van der Waals surface area contributed by atoms with Crippen molar-refractivity contribution in [2.24, 2.45) is 5.92 Å². The molecule has 5 nitrogen and oxygen atoms in total. The van der Waals surface area contributed by atoms with Gasteiger partial charge in [-0.3, -0.25) is 4.79 Å². The Labute approximate surface area is 203 Å². The van der Waals surface area contributed by atoms with Gasteiger partial charge in [0.1, 0.15) is 17.3 Å². The van der Waals surface area contributed by atoms with Crippen molar-refractivity contribution in [3.05, 3.63) is 71.5 Å². The number of rotatable bonds is 10. The van der Waals surface area contributed by atoms with Crippen LogP contribution >= 0.6 is 0 Å². The summed E-state index contributed by atoms with van der Waals surface area (Å²) in [6, 6.07) is 10.3. The van der Waals surface area contributed by atoms with Crippen molar-refractivity contribution in [2.75, 3.05) is 6.61 Å². The topological polar surface area (TPSA) is 64.4 Å². The van der Waals surface area contributed by atoms with Crippen LogP contribution in [0.2, 0.25) is 0 Å². The maximum atomic E-state index is 13.7. The highest BCUT2D eigenvalue weighted by atomic mass is 19.4. The lowest BCUT2D eigenvalue weighted by molar-refractivity contribution is -0.143. The number of hydrogen-bond acceptors (Lipinski definition) is 3. The van der Waals surface area contributed by atoms with Crippen LogP contribution in [0.25, 0.3) is 11.4 Å². The van der Waals surface area contributed by atoms with E-state index < -0.39 is 29.6 Å². The first kappa shape index (κ1) is 27.1. The van der Waals surface area contributed by atoms with E-state index in [1.807, 2.05) is 6.92 Å². The van der Waals surface area contributed by atoms with Gasteiger partial charge in [0.15, 0.2) is 0 Å². The van der Waals surface area contributed by atoms with Gasteiger partial charge in [0.25, 0.3) is 0 Å². The molecule has 3 aromatic rings. The maximum absolute atomic E-state index is 13.7. The van der Waals surface area contributed by atoms with Crippen LogP contribution in [0.1, 0.15) is 43.0 Å². The number of carboxylic acids is 1. The summed E-state index contributed by atoms with van der Waals surface area (Å²) in [4.78, 5) is 14.6. The van der Waals surface area contributed by atoms with E-state index >= 15 is 0 Å². The molecule has 1 atom stereocenters. The van der Waals surface area contributed by atoms with Gasteiger partial charge in [0, 0.05) is 17.5 Å². The van der Waals surface area contributed by atoms with Crippen molar-refractivity contribution in [3.8, 4) is 17.1 Å². The van der Waals surface area contributed by atoms with Gasteiger partial charge in [-0.15, -0.1) is 0 Å². The molecule has 0 aliphatic rings. The molecule has 0 amide bonds. The van der Waals surface area contributed by atoms with Crippen LogP contribution < -0.4 is 4.74 Å². The van der Waals surface area contributed by atoms with E-state index in [2.05, 4.69) is 4.98 Å². The number of para-hydroxylation sites is 1. The van der Waals surface area contributed by atoms with Crippen LogP contribution in [0.5, 0.6) is 5.75 Å². The molecule has 11 heteroatoms. The Hall–Kier alpha value is -3.50. The van der Waals surface area contributed by atoms with Crippen LogP contribution in [0, 0.1) is 5.92 Å². The average Bonchev–Trinajstić information content (AvgIpc) is 3.21. The largest absolute Gasteiger partial charge is 0.493 e. The molecule has 0 saturated carbocycles. The zero-order chi connectivity index (χ0) is 26.5. The monoisotopic (exact) mass is 514 g/mol. The Morgan fingerprint density at radius 3 is 2.31 bits per heavy atom. The van der Waals surface area contributed by atoms with Gasteiger partial charge in [-0.05, 0) is 37.0 Å². The fraction of sp³-hybridized carbons (Fsp3) is 0.360. The minimum atomic E-state index is -4.74. The van der Waals surface area contributed by atoms with Crippen molar-refractivity contribution < 1.29 is 41.0 Å². The van der Waals surface area contributed by atoms with Gasteiger partial charge in [-0.2, -0.15) is 26.3 Å². The summed E-state index contributed by atoms with van der Waals surface area (Å²) in [5.41, 5.74) is -1.44. The van der Waals surface area contributed by atoms with Crippen molar-refractivity contribution in [2.45, 2.75) is 45.1 Å². The van der Waals surface area contributed by atoms with Crippen LogP contribution in [-0.2, 0) is 23.7 Å². The lowest BCUT2D eigenvalue weighted by Gasteiger charge is -2.17. The second kappa shape index (κ2) is 11.0. The fourth-order valence-corrected chi connectivity index (χ4v) is 3.76. The molecule has 1 heterocycles. The quantitative estimate of drug-likeness (QED) is 0.236. The van der Waals surface area contributed by atoms with Gasteiger partial charge in [0.05, 0.1) is 24.9 Å². The summed E-state index contributed by atoms with van der Waals surface area (Å²) in [5.74, 6) is -0.719. The van der Waals surface area contributed by atoms with Crippen molar-refractivity contribution in [3.63, 3.8) is 0 Å². The van der Waals surface area contributed by atoms with Crippen LogP contribution in [0.15, 0.2) is 54.7 Å². The lowest BCUT2D eigenvalue weighted by atomic mass is 10.0. The molecule has 0 fully saturated rings. The van der Waals surface area contributed by atoms with E-state index in [9.17, 15) is 31.1 Å². The van der Waals surface area contributed by atoms with E-state index in [4.69, 9.17) is 9.84 Å². The van der Waals surface area contributed by atoms with E-state index in [-0.39, 0.29) is 36.9 Å². The first-order valence-electron chi connectivity index (χ1n) is 11.1. The fourth-order valence-electron chi connectivity index (χ4n) is 3.76. The number of imidazole rings is 1. The zero-order valence-electron chi connectivity index (χ0n) is 19.2. The molecule has 2 aromatic carbocycles. The number of alkyl halides is 6. The van der Waals surface area contributed by atoms with Gasteiger partial charge in [-0.1, -0.05) is 37.3 Å². The Morgan fingerprint density at radius 1 is 1.03 bits per heavy atom. The molecule has 194 valence electrons. The molecule has 0 radical (unpaired) electrons. The van der Waals surface area contributed by atoms with Crippen LogP contribution in [0.4, 0.5) is 26.3 Å². The number of ether oxygens (including phenoxy) is 1. The van der Waals surface area contributed by atoms with Crippen molar-refractivity contribution in [1.82, 2.24) is 9.55 Å². The molecule has 1 aromatic heterocycles. The summed E-state index contributed by atoms with van der Waals surface area (Å²) < 4.78 is 86.6. The third-order valence-corrected chi connectivity index (χ3v) is 5.54. The minimum absolute atomic E-state index is 0.0319. The number of halogens is 6. The van der Waals surface area contributed by atoms with E-state index in [1.165, 1.54) is 0 Å². The van der Waals surface area contributed by atoms with Crippen LogP contribution in [0.3, 0.4) is 0 Å². The second-order valence-electron chi connectivity index (χ2n) is 8.43. The molecule has 0 bridgehead atoms. The highest BCUT2D eigenvalue weighted by molar-refractivity contribution is 5.66. The SMILES string of the molecule is CC(CCCOc1ccccc1Cn1c(C(F)(F)F)cnc1-c1ccc(C(F)(F)F)cc1)CC(=O)O. The molecular weight excluding hydrogens is 490 g/mol.